The molecule has 0 bridgehead atoms. The minimum absolute atomic E-state index is 0.0631. The fraction of sp³-hybridized carbons (Fsp3) is 0.273. The molecule has 0 saturated carbocycles. The van der Waals surface area contributed by atoms with Gasteiger partial charge in [0.25, 0.3) is 0 Å². The third-order valence-electron chi connectivity index (χ3n) is 2.28. The lowest BCUT2D eigenvalue weighted by Gasteiger charge is -2.11. The minimum atomic E-state index is -4.45. The highest BCUT2D eigenvalue weighted by Crippen LogP contribution is 2.41. The lowest BCUT2D eigenvalue weighted by atomic mass is 10.2. The molecular weight excluding hydrogens is 309 g/mol. The molecule has 0 fully saturated rings. The summed E-state index contributed by atoms with van der Waals surface area (Å²) in [5.41, 5.74) is 4.74. The van der Waals surface area contributed by atoms with Gasteiger partial charge in [0, 0.05) is 24.7 Å². The van der Waals surface area contributed by atoms with Crippen molar-refractivity contribution in [1.82, 2.24) is 10.2 Å². The van der Waals surface area contributed by atoms with Crippen LogP contribution in [0.25, 0.3) is 0 Å². The first-order valence-electron chi connectivity index (χ1n) is 5.43. The molecule has 2 aromatic rings. The van der Waals surface area contributed by atoms with E-state index in [0.29, 0.717) is 9.47 Å². The Morgan fingerprint density at radius 1 is 1.25 bits per heavy atom. The van der Waals surface area contributed by atoms with Gasteiger partial charge < -0.3 is 10.6 Å². The van der Waals surface area contributed by atoms with Crippen molar-refractivity contribution in [3.8, 4) is 0 Å². The van der Waals surface area contributed by atoms with Crippen LogP contribution >= 0.6 is 23.1 Å². The number of nitrogen functional groups attached to an aromatic ring is 1. The van der Waals surface area contributed by atoms with E-state index >= 15 is 0 Å². The Labute approximate surface area is 121 Å². The SMILES string of the molecule is CN(C)c1nnc(Sc2ccc(N)cc2C(F)(F)F)s1. The molecule has 0 aliphatic heterocycles. The van der Waals surface area contributed by atoms with E-state index < -0.39 is 11.7 Å². The van der Waals surface area contributed by atoms with E-state index in [1.165, 1.54) is 23.5 Å². The molecule has 0 radical (unpaired) electrons. The van der Waals surface area contributed by atoms with Crippen LogP contribution in [0.3, 0.4) is 0 Å². The summed E-state index contributed by atoms with van der Waals surface area (Å²) in [5, 5.41) is 8.39. The van der Waals surface area contributed by atoms with Crippen molar-refractivity contribution in [2.24, 2.45) is 0 Å². The summed E-state index contributed by atoms with van der Waals surface area (Å²) >= 11 is 2.16. The molecule has 108 valence electrons. The van der Waals surface area contributed by atoms with Crippen molar-refractivity contribution in [2.45, 2.75) is 15.4 Å². The molecule has 0 aliphatic rings. The van der Waals surface area contributed by atoms with Gasteiger partial charge in [-0.15, -0.1) is 10.2 Å². The van der Waals surface area contributed by atoms with Crippen molar-refractivity contribution in [1.29, 1.82) is 0 Å². The largest absolute Gasteiger partial charge is 0.417 e. The Balaban J connectivity index is 2.33. The quantitative estimate of drug-likeness (QED) is 0.879. The standard InChI is InChI=1S/C11H11F3N4S2/c1-18(2)9-16-17-10(20-9)19-8-4-3-6(15)5-7(8)11(12,13)14/h3-5H,15H2,1-2H3. The molecule has 2 rings (SSSR count). The Morgan fingerprint density at radius 2 is 1.95 bits per heavy atom. The number of aromatic nitrogens is 2. The number of anilines is 2. The van der Waals surface area contributed by atoms with Crippen LogP contribution in [0.15, 0.2) is 27.4 Å². The second-order valence-corrected chi connectivity index (χ2v) is 6.35. The van der Waals surface area contributed by atoms with E-state index in [9.17, 15) is 13.2 Å². The van der Waals surface area contributed by atoms with Gasteiger partial charge in [0.1, 0.15) is 0 Å². The molecular formula is C11H11F3N4S2. The van der Waals surface area contributed by atoms with Gasteiger partial charge in [0.05, 0.1) is 5.56 Å². The molecule has 1 aromatic heterocycles. The maximum Gasteiger partial charge on any atom is 0.417 e. The van der Waals surface area contributed by atoms with E-state index in [2.05, 4.69) is 10.2 Å². The highest BCUT2D eigenvalue weighted by Gasteiger charge is 2.34. The van der Waals surface area contributed by atoms with Crippen LogP contribution in [0.1, 0.15) is 5.56 Å². The number of hydrogen-bond donors (Lipinski definition) is 1. The van der Waals surface area contributed by atoms with Crippen LogP contribution in [0.4, 0.5) is 24.0 Å². The molecule has 1 aromatic carbocycles. The number of hydrogen-bond acceptors (Lipinski definition) is 6. The molecule has 20 heavy (non-hydrogen) atoms. The second kappa shape index (κ2) is 5.49. The van der Waals surface area contributed by atoms with Gasteiger partial charge in [-0.25, -0.2) is 0 Å². The molecule has 0 spiro atoms. The number of benzene rings is 1. The van der Waals surface area contributed by atoms with E-state index in [-0.39, 0.29) is 10.6 Å². The van der Waals surface area contributed by atoms with Crippen molar-refractivity contribution < 1.29 is 13.2 Å². The van der Waals surface area contributed by atoms with Gasteiger partial charge >= 0.3 is 6.18 Å². The number of halogens is 3. The summed E-state index contributed by atoms with van der Waals surface area (Å²) in [6.45, 7) is 0. The van der Waals surface area contributed by atoms with E-state index in [0.717, 1.165) is 17.8 Å². The highest BCUT2D eigenvalue weighted by atomic mass is 32.2. The van der Waals surface area contributed by atoms with E-state index in [1.54, 1.807) is 19.0 Å². The molecule has 2 N–H and O–H groups in total. The highest BCUT2D eigenvalue weighted by molar-refractivity contribution is 8.01. The van der Waals surface area contributed by atoms with Crippen molar-refractivity contribution in [3.05, 3.63) is 23.8 Å². The number of alkyl halides is 3. The van der Waals surface area contributed by atoms with Gasteiger partial charge in [-0.05, 0) is 18.2 Å². The molecule has 0 amide bonds. The summed E-state index contributed by atoms with van der Waals surface area (Å²) in [6, 6.07) is 3.71. The molecule has 0 atom stereocenters. The van der Waals surface area contributed by atoms with Gasteiger partial charge in [-0.2, -0.15) is 13.2 Å². The first kappa shape index (κ1) is 14.9. The van der Waals surface area contributed by atoms with Crippen LogP contribution in [0.5, 0.6) is 0 Å². The Morgan fingerprint density at radius 3 is 2.50 bits per heavy atom. The number of nitrogens with zero attached hydrogens (tertiary/aromatic N) is 3. The molecule has 0 aliphatic carbocycles. The van der Waals surface area contributed by atoms with Gasteiger partial charge in [0.15, 0.2) is 4.34 Å². The summed E-state index contributed by atoms with van der Waals surface area (Å²) < 4.78 is 39.3. The zero-order valence-corrected chi connectivity index (χ0v) is 12.2. The zero-order valence-electron chi connectivity index (χ0n) is 10.6. The fourth-order valence-corrected chi connectivity index (χ4v) is 3.23. The summed E-state index contributed by atoms with van der Waals surface area (Å²) in [7, 11) is 3.58. The fourth-order valence-electron chi connectivity index (χ4n) is 1.38. The normalized spacial score (nSPS) is 11.7. The van der Waals surface area contributed by atoms with Crippen LogP contribution in [0.2, 0.25) is 0 Å². The van der Waals surface area contributed by atoms with E-state index in [4.69, 9.17) is 5.73 Å². The first-order chi connectivity index (χ1) is 9.27. The number of rotatable bonds is 3. The van der Waals surface area contributed by atoms with Crippen molar-refractivity contribution in [3.63, 3.8) is 0 Å². The molecule has 0 saturated heterocycles. The van der Waals surface area contributed by atoms with Crippen LogP contribution in [0, 0.1) is 0 Å². The third kappa shape index (κ3) is 3.34. The monoisotopic (exact) mass is 320 g/mol. The number of nitrogens with two attached hydrogens (primary N) is 1. The predicted octanol–water partition coefficient (Wildman–Crippen LogP) is 3.36. The maximum absolute atomic E-state index is 13.0. The Hall–Kier alpha value is -1.48. The van der Waals surface area contributed by atoms with Gasteiger partial charge in [0.2, 0.25) is 5.13 Å². The van der Waals surface area contributed by atoms with Crippen molar-refractivity contribution in [2.75, 3.05) is 24.7 Å². The smallest absolute Gasteiger partial charge is 0.399 e. The second-order valence-electron chi connectivity index (χ2n) is 4.10. The Bertz CT molecular complexity index is 610. The lowest BCUT2D eigenvalue weighted by molar-refractivity contribution is -0.139. The van der Waals surface area contributed by atoms with Crippen LogP contribution < -0.4 is 10.6 Å². The lowest BCUT2D eigenvalue weighted by Crippen LogP contribution is -2.07. The van der Waals surface area contributed by atoms with Gasteiger partial charge in [-0.3, -0.25) is 0 Å². The minimum Gasteiger partial charge on any atom is -0.399 e. The molecule has 1 heterocycles. The molecule has 4 nitrogen and oxygen atoms in total. The third-order valence-corrected chi connectivity index (χ3v) is 4.50. The topological polar surface area (TPSA) is 55.0 Å². The van der Waals surface area contributed by atoms with Crippen LogP contribution in [-0.2, 0) is 6.18 Å². The first-order valence-corrected chi connectivity index (χ1v) is 7.06. The Kier molecular flexibility index (Phi) is 4.09. The van der Waals surface area contributed by atoms with Crippen LogP contribution in [-0.4, -0.2) is 24.3 Å². The summed E-state index contributed by atoms with van der Waals surface area (Å²) in [4.78, 5) is 1.81. The average Bonchev–Trinajstić information content (AvgIpc) is 2.79. The van der Waals surface area contributed by atoms with E-state index in [1.807, 2.05) is 0 Å². The predicted molar refractivity (Wildman–Crippen MR) is 74.2 cm³/mol. The zero-order chi connectivity index (χ0) is 14.9. The summed E-state index contributed by atoms with van der Waals surface area (Å²) in [5.74, 6) is 0. The van der Waals surface area contributed by atoms with Crippen molar-refractivity contribution >= 4 is 33.9 Å². The molecule has 0 unspecified atom stereocenters. The molecule has 9 heteroatoms. The summed E-state index contributed by atoms with van der Waals surface area (Å²) in [6.07, 6.45) is -4.45. The maximum atomic E-state index is 13.0. The average molecular weight is 320 g/mol. The van der Waals surface area contributed by atoms with Gasteiger partial charge in [-0.1, -0.05) is 23.1 Å².